The van der Waals surface area contributed by atoms with Gasteiger partial charge in [0.15, 0.2) is 8.07 Å². The fraction of sp³-hybridized carbons (Fsp3) is 0.148. The zero-order chi connectivity index (χ0) is 45.8. The van der Waals surface area contributed by atoms with E-state index < -0.39 is 8.07 Å². The summed E-state index contributed by atoms with van der Waals surface area (Å²) >= 11 is 0. The van der Waals surface area contributed by atoms with E-state index in [1.54, 1.807) is 0 Å². The van der Waals surface area contributed by atoms with E-state index in [1.165, 1.54) is 76.6 Å². The minimum Gasteiger partial charge on any atom is -0.311 e. The molecule has 0 radical (unpaired) electrons. The van der Waals surface area contributed by atoms with E-state index in [0.717, 1.165) is 33.9 Å². The quantitative estimate of drug-likeness (QED) is 0.156. The van der Waals surface area contributed by atoms with Gasteiger partial charge in [-0.1, -0.05) is 151 Å². The Hall–Kier alpha value is -7.28. The molecule has 0 saturated carbocycles. The van der Waals surface area contributed by atoms with Crippen LogP contribution in [0, 0.1) is 6.92 Å². The summed E-state index contributed by atoms with van der Waals surface area (Å²) in [5, 5.41) is 5.66. The van der Waals surface area contributed by atoms with Crippen molar-refractivity contribution in [3.63, 3.8) is 0 Å². The Balaban J connectivity index is 1.26. The predicted octanol–water partition coefficient (Wildman–Crippen LogP) is 10.5. The molecule has 67 heavy (non-hydrogen) atoms. The van der Waals surface area contributed by atoms with E-state index >= 15 is 0 Å². The topological polar surface area (TPSA) is 32.3 Å². The third kappa shape index (κ3) is 6.19. The highest BCUT2D eigenvalue weighted by Gasteiger charge is 2.56. The van der Waals surface area contributed by atoms with Gasteiger partial charge in [-0.15, -0.1) is 0 Å². The van der Waals surface area contributed by atoms with Crippen molar-refractivity contribution in [2.24, 2.45) is 0 Å². The second-order valence-electron chi connectivity index (χ2n) is 20.7. The number of pyridine rings is 2. The first kappa shape index (κ1) is 41.2. The Labute approximate surface area is 396 Å². The Morgan fingerprint density at radius 3 is 1.24 bits per heavy atom. The molecule has 5 heterocycles. The van der Waals surface area contributed by atoms with E-state index in [1.807, 2.05) is 24.5 Å². The van der Waals surface area contributed by atoms with Crippen LogP contribution in [-0.4, -0.2) is 24.8 Å². The molecule has 2 aromatic heterocycles. The Kier molecular flexibility index (Phi) is 9.30. The summed E-state index contributed by atoms with van der Waals surface area (Å²) < 4.78 is 0. The Morgan fingerprint density at radius 2 is 0.836 bits per heavy atom. The van der Waals surface area contributed by atoms with E-state index in [2.05, 4.69) is 228 Å². The van der Waals surface area contributed by atoms with Gasteiger partial charge < -0.3 is 9.80 Å². The van der Waals surface area contributed by atoms with Crippen LogP contribution in [0.4, 0.5) is 34.1 Å². The molecular weight excluding hydrogens is 828 g/mol. The predicted molar refractivity (Wildman–Crippen MR) is 286 cm³/mol. The van der Waals surface area contributed by atoms with E-state index in [0.29, 0.717) is 0 Å². The summed E-state index contributed by atoms with van der Waals surface area (Å²) in [5.41, 5.74) is 19.0. The molecule has 9 aromatic rings. The molecule has 0 aliphatic carbocycles. The second kappa shape index (κ2) is 15.1. The van der Waals surface area contributed by atoms with Gasteiger partial charge >= 0.3 is 0 Å². The zero-order valence-electron chi connectivity index (χ0n) is 39.3. The lowest BCUT2D eigenvalue weighted by atomic mass is 9.33. The summed E-state index contributed by atoms with van der Waals surface area (Å²) in [6.07, 6.45) is 3.85. The number of rotatable bonds is 6. The van der Waals surface area contributed by atoms with Crippen molar-refractivity contribution in [2.75, 3.05) is 9.80 Å². The highest BCUT2D eigenvalue weighted by atomic mass is 28.3. The molecule has 6 heteroatoms. The third-order valence-corrected chi connectivity index (χ3v) is 19.5. The first-order valence-corrected chi connectivity index (χ1v) is 25.7. The zero-order valence-corrected chi connectivity index (χ0v) is 40.3. The van der Waals surface area contributed by atoms with Crippen molar-refractivity contribution in [1.82, 2.24) is 9.97 Å². The van der Waals surface area contributed by atoms with Gasteiger partial charge in [-0.3, -0.25) is 9.97 Å². The van der Waals surface area contributed by atoms with Gasteiger partial charge in [0.1, 0.15) is 0 Å². The van der Waals surface area contributed by atoms with Crippen LogP contribution < -0.4 is 46.9 Å². The maximum atomic E-state index is 5.06. The van der Waals surface area contributed by atoms with Crippen LogP contribution in [0.25, 0.3) is 22.5 Å². The lowest BCUT2D eigenvalue weighted by Gasteiger charge is -2.51. The molecular formula is C61H53BN4Si. The van der Waals surface area contributed by atoms with Crippen LogP contribution >= 0.6 is 0 Å². The summed E-state index contributed by atoms with van der Waals surface area (Å²) in [6, 6.07) is 69.0. The largest absolute Gasteiger partial charge is 0.311 e. The lowest BCUT2D eigenvalue weighted by molar-refractivity contribution is 0.590. The van der Waals surface area contributed by atoms with Crippen LogP contribution in [0.5, 0.6) is 0 Å². The average Bonchev–Trinajstić information content (AvgIpc) is 3.34. The van der Waals surface area contributed by atoms with Gasteiger partial charge in [0.2, 0.25) is 0 Å². The normalized spacial score (nSPS) is 14.2. The number of nitrogens with zero attached hydrogens (tertiary/aromatic N) is 4. The number of hydrogen-bond acceptors (Lipinski definition) is 4. The van der Waals surface area contributed by atoms with E-state index in [4.69, 9.17) is 9.97 Å². The molecule has 4 nitrogen and oxygen atoms in total. The first-order valence-electron chi connectivity index (χ1n) is 23.7. The van der Waals surface area contributed by atoms with Crippen LogP contribution in [0.2, 0.25) is 0 Å². The van der Waals surface area contributed by atoms with Gasteiger partial charge in [0.25, 0.3) is 6.71 Å². The molecule has 7 aromatic carbocycles. The molecule has 3 aliphatic rings. The van der Waals surface area contributed by atoms with Crippen molar-refractivity contribution >= 4 is 86.0 Å². The lowest BCUT2D eigenvalue weighted by Crippen LogP contribution is -2.88. The molecule has 3 aliphatic heterocycles. The van der Waals surface area contributed by atoms with Gasteiger partial charge in [0.05, 0.1) is 22.8 Å². The van der Waals surface area contributed by atoms with Crippen LogP contribution in [0.15, 0.2) is 194 Å². The van der Waals surface area contributed by atoms with Crippen LogP contribution in [0.3, 0.4) is 0 Å². The molecule has 0 unspecified atom stereocenters. The third-order valence-electron chi connectivity index (χ3n) is 14.6. The minimum atomic E-state index is -3.03. The van der Waals surface area contributed by atoms with Crippen molar-refractivity contribution in [3.05, 3.63) is 211 Å². The first-order chi connectivity index (χ1) is 32.4. The molecule has 0 spiro atoms. The van der Waals surface area contributed by atoms with Gasteiger partial charge in [0, 0.05) is 46.3 Å². The van der Waals surface area contributed by atoms with Crippen molar-refractivity contribution in [2.45, 2.75) is 59.3 Å². The molecule has 12 rings (SSSR count). The smallest absolute Gasteiger partial charge is 0.251 e. The Morgan fingerprint density at radius 1 is 0.403 bits per heavy atom. The number of aromatic nitrogens is 2. The molecule has 0 atom stereocenters. The van der Waals surface area contributed by atoms with Crippen molar-refractivity contribution in [1.29, 1.82) is 0 Å². The molecule has 0 saturated heterocycles. The summed E-state index contributed by atoms with van der Waals surface area (Å²) in [6.45, 7) is 16.1. The molecule has 0 fully saturated rings. The highest BCUT2D eigenvalue weighted by molar-refractivity contribution is 7.27. The van der Waals surface area contributed by atoms with Gasteiger partial charge in [-0.25, -0.2) is 0 Å². The number of aryl methyl sites for hydroxylation is 1. The molecule has 0 N–H and O–H groups in total. The van der Waals surface area contributed by atoms with Crippen molar-refractivity contribution < 1.29 is 0 Å². The number of anilines is 6. The van der Waals surface area contributed by atoms with Crippen LogP contribution in [-0.2, 0) is 10.8 Å². The van der Waals surface area contributed by atoms with Crippen molar-refractivity contribution in [3.8, 4) is 22.5 Å². The van der Waals surface area contributed by atoms with E-state index in [9.17, 15) is 0 Å². The fourth-order valence-corrected chi connectivity index (χ4v) is 16.9. The second-order valence-corrected chi connectivity index (χ2v) is 24.4. The van der Waals surface area contributed by atoms with Gasteiger partial charge in [-0.05, 0) is 144 Å². The van der Waals surface area contributed by atoms with E-state index in [-0.39, 0.29) is 17.5 Å². The monoisotopic (exact) mass is 880 g/mol. The fourth-order valence-electron chi connectivity index (χ4n) is 11.6. The maximum Gasteiger partial charge on any atom is 0.251 e. The standard InChI is InChI=1S/C61H53BN4Si/c1-40-36-53-57-54(37-40)66(50-33-31-42(61(5,6)7)39-46(50)48-25-15-17-35-64-48)52-27-19-29-56-59(52)62(57)58-51(65(53)49-32-30-41(60(2,3)4)38-45(49)47-24-14-16-34-63-47)26-18-28-55(58)67(56,43-20-10-8-11-21-43)44-22-12-9-13-23-44/h8-39H,1-7H3. The number of hydrogen-bond donors (Lipinski definition) is 0. The Bertz CT molecular complexity index is 3170. The maximum absolute atomic E-state index is 5.06. The number of benzene rings is 7. The molecule has 324 valence electrons. The SMILES string of the molecule is Cc1cc2c3c(c1)N(c1ccc(C(C)(C)C)cc1-c1ccccn1)c1cccc4c1B3c1c(cccc1[Si]4(c1ccccc1)c1ccccc1)N2c1ccc(C(C)(C)C)cc1-c1ccccn1. The summed E-state index contributed by atoms with van der Waals surface area (Å²) in [4.78, 5) is 15.3. The summed E-state index contributed by atoms with van der Waals surface area (Å²) in [7, 11) is -3.03. The highest BCUT2D eigenvalue weighted by Crippen LogP contribution is 2.49. The van der Waals surface area contributed by atoms with Gasteiger partial charge in [-0.2, -0.15) is 0 Å². The minimum absolute atomic E-state index is 0.0113. The molecule has 0 amide bonds. The molecule has 0 bridgehead atoms. The average molecular weight is 881 g/mol. The van der Waals surface area contributed by atoms with Crippen LogP contribution in [0.1, 0.15) is 58.2 Å². The summed E-state index contributed by atoms with van der Waals surface area (Å²) in [5.74, 6) is 0.